The minimum Gasteiger partial charge on any atom is -0.405 e. The van der Waals surface area contributed by atoms with Crippen molar-refractivity contribution in [1.29, 1.82) is 0 Å². The summed E-state index contributed by atoms with van der Waals surface area (Å²) < 4.78 is 0. The van der Waals surface area contributed by atoms with Crippen LogP contribution >= 0.6 is 11.3 Å². The summed E-state index contributed by atoms with van der Waals surface area (Å²) in [6, 6.07) is -0.148. The number of rotatable bonds is 9. The van der Waals surface area contributed by atoms with Gasteiger partial charge in [-0.3, -0.25) is 4.79 Å². The predicted molar refractivity (Wildman–Crippen MR) is 114 cm³/mol. The number of aromatic nitrogens is 1. The molecule has 0 aromatic carbocycles. The summed E-state index contributed by atoms with van der Waals surface area (Å²) in [4.78, 5) is 16.3. The van der Waals surface area contributed by atoms with Crippen molar-refractivity contribution >= 4 is 22.9 Å². The standard InChI is InChI=1S/C20H27N5OS/c1-13(9-10-21)11-15(3)24-14(2)7-6-8-18(22)19-12-23-20(27-19)16(4)25-17(5)26/h6-12,16,24H,2-3,21-22H2,1,4-5H3,(H,25,26)/b7-6-,10-9-,13-11-,18-8-/t16-/m0/s1. The normalized spacial score (nSPS) is 13.7. The second-order valence-corrected chi connectivity index (χ2v) is 6.95. The molecule has 1 aromatic rings. The van der Waals surface area contributed by atoms with Crippen LogP contribution in [0.4, 0.5) is 0 Å². The van der Waals surface area contributed by atoms with Gasteiger partial charge >= 0.3 is 0 Å². The monoisotopic (exact) mass is 385 g/mol. The Balaban J connectivity index is 2.67. The predicted octanol–water partition coefficient (Wildman–Crippen LogP) is 3.23. The van der Waals surface area contributed by atoms with Crippen molar-refractivity contribution in [3.63, 3.8) is 0 Å². The highest BCUT2D eigenvalue weighted by Gasteiger charge is 2.12. The second kappa shape index (κ2) is 10.8. The van der Waals surface area contributed by atoms with Crippen molar-refractivity contribution in [2.75, 3.05) is 0 Å². The number of nitrogens with zero attached hydrogens (tertiary/aromatic N) is 1. The van der Waals surface area contributed by atoms with Crippen molar-refractivity contribution in [3.05, 3.63) is 82.8 Å². The lowest BCUT2D eigenvalue weighted by Crippen LogP contribution is -2.23. The van der Waals surface area contributed by atoms with E-state index < -0.39 is 0 Å². The third kappa shape index (κ3) is 8.24. The molecule has 7 heteroatoms. The van der Waals surface area contributed by atoms with Gasteiger partial charge in [0.05, 0.1) is 16.6 Å². The molecule has 144 valence electrons. The Morgan fingerprint density at radius 3 is 2.63 bits per heavy atom. The molecule has 0 saturated carbocycles. The van der Waals surface area contributed by atoms with Crippen LogP contribution in [0.2, 0.25) is 0 Å². The average Bonchev–Trinajstić information content (AvgIpc) is 3.04. The number of allylic oxidation sites excluding steroid dienone is 6. The highest BCUT2D eigenvalue weighted by Crippen LogP contribution is 2.23. The summed E-state index contributed by atoms with van der Waals surface area (Å²) in [6.45, 7) is 13.1. The number of nitrogens with one attached hydrogen (secondary N) is 2. The summed E-state index contributed by atoms with van der Waals surface area (Å²) >= 11 is 1.44. The van der Waals surface area contributed by atoms with Crippen molar-refractivity contribution in [2.45, 2.75) is 26.8 Å². The van der Waals surface area contributed by atoms with Crippen LogP contribution in [-0.4, -0.2) is 10.9 Å². The Hall–Kier alpha value is -3.06. The summed E-state index contributed by atoms with van der Waals surface area (Å²) in [5.74, 6) is -0.0950. The molecule has 0 fully saturated rings. The summed E-state index contributed by atoms with van der Waals surface area (Å²) in [6.07, 6.45) is 12.2. The van der Waals surface area contributed by atoms with E-state index in [2.05, 4.69) is 28.8 Å². The van der Waals surface area contributed by atoms with E-state index in [1.807, 2.05) is 19.9 Å². The van der Waals surface area contributed by atoms with Gasteiger partial charge in [0, 0.05) is 24.5 Å². The number of thiazole rings is 1. The van der Waals surface area contributed by atoms with Crippen LogP contribution < -0.4 is 22.1 Å². The van der Waals surface area contributed by atoms with Gasteiger partial charge in [-0.15, -0.1) is 11.3 Å². The molecule has 0 spiro atoms. The lowest BCUT2D eigenvalue weighted by molar-refractivity contribution is -0.119. The molecule has 1 heterocycles. The number of hydrogen-bond acceptors (Lipinski definition) is 6. The fourth-order valence-corrected chi connectivity index (χ4v) is 2.95. The minimum atomic E-state index is -0.148. The molecule has 1 rings (SSSR count). The number of amides is 1. The zero-order valence-corrected chi connectivity index (χ0v) is 16.8. The first-order valence-electron chi connectivity index (χ1n) is 8.31. The van der Waals surface area contributed by atoms with Crippen LogP contribution in [0.5, 0.6) is 0 Å². The van der Waals surface area contributed by atoms with Crippen molar-refractivity contribution in [3.8, 4) is 0 Å². The van der Waals surface area contributed by atoms with Crippen LogP contribution in [0.3, 0.4) is 0 Å². The summed E-state index contributed by atoms with van der Waals surface area (Å²) in [7, 11) is 0. The quantitative estimate of drug-likeness (QED) is 0.488. The average molecular weight is 386 g/mol. The van der Waals surface area contributed by atoms with Gasteiger partial charge in [0.1, 0.15) is 5.01 Å². The third-order valence-electron chi connectivity index (χ3n) is 3.25. The molecule has 0 aliphatic rings. The summed E-state index contributed by atoms with van der Waals surface area (Å²) in [5.41, 5.74) is 14.4. The van der Waals surface area contributed by atoms with Gasteiger partial charge in [-0.05, 0) is 49.9 Å². The maximum absolute atomic E-state index is 11.1. The minimum absolute atomic E-state index is 0.0950. The Labute approximate surface area is 164 Å². The van der Waals surface area contributed by atoms with Crippen LogP contribution in [0.15, 0.2) is 72.9 Å². The molecule has 0 unspecified atom stereocenters. The number of carbonyl (C=O) groups excluding carboxylic acids is 1. The Morgan fingerprint density at radius 1 is 1.30 bits per heavy atom. The smallest absolute Gasteiger partial charge is 0.217 e. The topological polar surface area (TPSA) is 106 Å². The van der Waals surface area contributed by atoms with E-state index in [1.165, 1.54) is 24.5 Å². The molecule has 0 aliphatic heterocycles. The zero-order chi connectivity index (χ0) is 20.4. The first-order chi connectivity index (χ1) is 12.7. The number of nitrogens with two attached hydrogens (primary N) is 2. The van der Waals surface area contributed by atoms with Crippen molar-refractivity contribution in [2.24, 2.45) is 11.5 Å². The molecule has 1 aromatic heterocycles. The van der Waals surface area contributed by atoms with E-state index in [0.29, 0.717) is 17.1 Å². The molecule has 0 saturated heterocycles. The van der Waals surface area contributed by atoms with Gasteiger partial charge in [0.15, 0.2) is 0 Å². The summed E-state index contributed by atoms with van der Waals surface area (Å²) in [5, 5.41) is 6.68. The third-order valence-corrected chi connectivity index (χ3v) is 4.48. The van der Waals surface area contributed by atoms with E-state index >= 15 is 0 Å². The second-order valence-electron chi connectivity index (χ2n) is 5.89. The highest BCUT2D eigenvalue weighted by molar-refractivity contribution is 7.12. The first-order valence-corrected chi connectivity index (χ1v) is 9.13. The van der Waals surface area contributed by atoms with Crippen molar-refractivity contribution < 1.29 is 4.79 Å². The lowest BCUT2D eigenvalue weighted by Gasteiger charge is -2.08. The maximum Gasteiger partial charge on any atom is 0.217 e. The van der Waals surface area contributed by atoms with E-state index in [1.54, 1.807) is 30.5 Å². The molecular formula is C20H27N5OS. The van der Waals surface area contributed by atoms with E-state index in [4.69, 9.17) is 11.5 Å². The van der Waals surface area contributed by atoms with Gasteiger partial charge in [-0.25, -0.2) is 4.98 Å². The Kier molecular flexibility index (Phi) is 8.81. The van der Waals surface area contributed by atoms with E-state index in [9.17, 15) is 4.79 Å². The van der Waals surface area contributed by atoms with E-state index in [0.717, 1.165) is 15.5 Å². The molecule has 0 radical (unpaired) electrons. The molecule has 1 amide bonds. The molecule has 6 nitrogen and oxygen atoms in total. The van der Waals surface area contributed by atoms with Gasteiger partial charge in [0.2, 0.25) is 5.91 Å². The van der Waals surface area contributed by atoms with Gasteiger partial charge in [-0.1, -0.05) is 19.2 Å². The largest absolute Gasteiger partial charge is 0.405 e. The van der Waals surface area contributed by atoms with Crippen LogP contribution in [-0.2, 0) is 4.79 Å². The lowest BCUT2D eigenvalue weighted by atomic mass is 10.2. The molecule has 1 atom stereocenters. The SMILES string of the molecule is C=C(/C=C\C=C(/N)c1cnc([C@H](C)NC(C)=O)s1)NC(=C)/C=C(C)\C=C/N. The van der Waals surface area contributed by atoms with Crippen molar-refractivity contribution in [1.82, 2.24) is 15.6 Å². The highest BCUT2D eigenvalue weighted by atomic mass is 32.1. The number of carbonyl (C=O) groups is 1. The Bertz CT molecular complexity index is 814. The molecular weight excluding hydrogens is 358 g/mol. The first kappa shape index (κ1) is 22.0. The molecule has 27 heavy (non-hydrogen) atoms. The fraction of sp³-hybridized carbons (Fsp3) is 0.200. The van der Waals surface area contributed by atoms with Crippen LogP contribution in [0.1, 0.15) is 36.7 Å². The van der Waals surface area contributed by atoms with Crippen LogP contribution in [0.25, 0.3) is 5.70 Å². The Morgan fingerprint density at radius 2 is 2.00 bits per heavy atom. The molecule has 0 aliphatic carbocycles. The van der Waals surface area contributed by atoms with Gasteiger partial charge in [0.25, 0.3) is 0 Å². The fourth-order valence-electron chi connectivity index (χ4n) is 2.10. The number of hydrogen-bond donors (Lipinski definition) is 4. The maximum atomic E-state index is 11.1. The zero-order valence-electron chi connectivity index (χ0n) is 16.0. The van der Waals surface area contributed by atoms with Gasteiger partial charge < -0.3 is 22.1 Å². The van der Waals surface area contributed by atoms with E-state index in [-0.39, 0.29) is 11.9 Å². The molecule has 0 bridgehead atoms. The van der Waals surface area contributed by atoms with Crippen LogP contribution in [0, 0.1) is 0 Å². The molecule has 6 N–H and O–H groups in total. The van der Waals surface area contributed by atoms with Gasteiger partial charge in [-0.2, -0.15) is 0 Å².